The van der Waals surface area contributed by atoms with Crippen LogP contribution < -0.4 is 20.4 Å². The van der Waals surface area contributed by atoms with Crippen LogP contribution in [0.5, 0.6) is 0 Å². The normalized spacial score (nSPS) is 23.6. The van der Waals surface area contributed by atoms with Gasteiger partial charge >= 0.3 is 6.09 Å². The Hall–Kier alpha value is -3.97. The summed E-state index contributed by atoms with van der Waals surface area (Å²) < 4.78 is 16.6. The van der Waals surface area contributed by atoms with E-state index in [9.17, 15) is 9.59 Å². The number of aromatic nitrogens is 3. The van der Waals surface area contributed by atoms with E-state index in [-0.39, 0.29) is 28.9 Å². The zero-order valence-electron chi connectivity index (χ0n) is 25.6. The molecule has 1 saturated carbocycles. The number of ether oxygens (including phenoxy) is 2. The van der Waals surface area contributed by atoms with Crippen LogP contribution in [-0.2, 0) is 9.47 Å². The van der Waals surface area contributed by atoms with E-state index in [4.69, 9.17) is 24.0 Å². The van der Waals surface area contributed by atoms with Gasteiger partial charge in [-0.05, 0) is 65.6 Å². The van der Waals surface area contributed by atoms with Crippen molar-refractivity contribution in [2.45, 2.75) is 76.3 Å². The SMILES string of the molecule is CO[C@@H]1CC[C@H]1NC(=O)c1onc2c(N(C)C(=O)OC(C)(C)C)cc(Nc3cccc(N4CC5CCC(C4)N5C)n3)nc12. The van der Waals surface area contributed by atoms with Gasteiger partial charge in [-0.2, -0.15) is 0 Å². The van der Waals surface area contributed by atoms with Crippen molar-refractivity contribution in [3.63, 3.8) is 0 Å². The standard InChI is InChI=1S/C30H40N8O5/c1-30(2,3)42-29(40)37(5)20-14-23(34-26-25(20)35-43-27(26)28(39)31-19-12-13-21(19)41-6)32-22-8-7-9-24(33-22)38-15-17-10-11-18(16-38)36(17)4/h7-9,14,17-19,21H,10-13,15-16H2,1-6H3,(H,31,39)(H,32,33,34)/t17?,18?,19-,21-/m1/s1. The molecule has 3 aromatic rings. The number of hydrogen-bond donors (Lipinski definition) is 2. The number of carbonyl (C=O) groups excluding carboxylic acids is 2. The highest BCUT2D eigenvalue weighted by Crippen LogP contribution is 2.34. The van der Waals surface area contributed by atoms with Crippen LogP contribution in [0.1, 0.15) is 57.0 Å². The Morgan fingerprint density at radius 1 is 1.05 bits per heavy atom. The summed E-state index contributed by atoms with van der Waals surface area (Å²) in [5.41, 5.74) is 0.139. The van der Waals surface area contributed by atoms with Gasteiger partial charge in [-0.25, -0.2) is 14.8 Å². The van der Waals surface area contributed by atoms with Crippen LogP contribution in [0.15, 0.2) is 28.8 Å². The highest BCUT2D eigenvalue weighted by Gasteiger charge is 2.38. The Kier molecular flexibility index (Phi) is 7.63. The first-order valence-corrected chi connectivity index (χ1v) is 14.8. The van der Waals surface area contributed by atoms with Crippen molar-refractivity contribution in [3.8, 4) is 0 Å². The number of nitrogens with zero attached hydrogens (tertiary/aromatic N) is 6. The molecule has 43 heavy (non-hydrogen) atoms. The average Bonchev–Trinajstić information content (AvgIpc) is 3.44. The first-order chi connectivity index (χ1) is 20.5. The average molecular weight is 593 g/mol. The van der Waals surface area contributed by atoms with Crippen molar-refractivity contribution in [2.75, 3.05) is 49.4 Å². The van der Waals surface area contributed by atoms with Gasteiger partial charge in [0.25, 0.3) is 5.91 Å². The van der Waals surface area contributed by atoms with Gasteiger partial charge in [0.1, 0.15) is 28.6 Å². The van der Waals surface area contributed by atoms with Gasteiger partial charge in [0, 0.05) is 45.4 Å². The summed E-state index contributed by atoms with van der Waals surface area (Å²) in [4.78, 5) is 42.1. The number of pyridine rings is 2. The van der Waals surface area contributed by atoms with Crippen molar-refractivity contribution in [3.05, 3.63) is 30.0 Å². The molecule has 5 heterocycles. The Morgan fingerprint density at radius 3 is 2.44 bits per heavy atom. The summed E-state index contributed by atoms with van der Waals surface area (Å²) in [5, 5.41) is 10.4. The van der Waals surface area contributed by atoms with E-state index in [0.717, 1.165) is 31.7 Å². The van der Waals surface area contributed by atoms with Crippen LogP contribution in [0, 0.1) is 0 Å². The van der Waals surface area contributed by atoms with Gasteiger partial charge in [-0.1, -0.05) is 11.2 Å². The molecule has 3 fully saturated rings. The zero-order chi connectivity index (χ0) is 30.5. The number of likely N-dealkylation sites (N-methyl/N-ethyl adjacent to an activating group) is 1. The van der Waals surface area contributed by atoms with E-state index in [0.29, 0.717) is 29.4 Å². The number of rotatable bonds is 7. The highest BCUT2D eigenvalue weighted by molar-refractivity contribution is 6.07. The molecular weight excluding hydrogens is 552 g/mol. The maximum Gasteiger partial charge on any atom is 0.414 e. The van der Waals surface area contributed by atoms with Gasteiger partial charge in [0.2, 0.25) is 5.76 Å². The summed E-state index contributed by atoms with van der Waals surface area (Å²) >= 11 is 0. The lowest BCUT2D eigenvalue weighted by Crippen LogP contribution is -2.52. The van der Waals surface area contributed by atoms with E-state index in [1.807, 2.05) is 18.2 Å². The van der Waals surface area contributed by atoms with Crippen molar-refractivity contribution >= 4 is 46.2 Å². The van der Waals surface area contributed by atoms with E-state index in [2.05, 4.69) is 32.6 Å². The number of amides is 2. The van der Waals surface area contributed by atoms with Crippen LogP contribution in [-0.4, -0.2) is 96.2 Å². The third kappa shape index (κ3) is 5.83. The van der Waals surface area contributed by atoms with Crippen LogP contribution in [0.4, 0.5) is 27.9 Å². The molecule has 2 aliphatic heterocycles. The molecule has 2 saturated heterocycles. The molecule has 230 valence electrons. The van der Waals surface area contributed by atoms with Gasteiger partial charge in [0.05, 0.1) is 17.8 Å². The molecule has 1 aliphatic carbocycles. The minimum atomic E-state index is -0.707. The second-order valence-electron chi connectivity index (χ2n) is 12.7. The molecule has 2 amide bonds. The smallest absolute Gasteiger partial charge is 0.414 e. The van der Waals surface area contributed by atoms with Gasteiger partial charge in [-0.15, -0.1) is 0 Å². The van der Waals surface area contributed by atoms with Crippen LogP contribution >= 0.6 is 0 Å². The molecule has 2 unspecified atom stereocenters. The number of piperazine rings is 1. The first-order valence-electron chi connectivity index (χ1n) is 14.8. The van der Waals surface area contributed by atoms with E-state index in [1.54, 1.807) is 41.0 Å². The fourth-order valence-electron chi connectivity index (χ4n) is 6.06. The lowest BCUT2D eigenvalue weighted by atomic mass is 9.89. The number of fused-ring (bicyclic) bond motifs is 3. The maximum absolute atomic E-state index is 13.3. The number of carbonyl (C=O) groups is 2. The zero-order valence-corrected chi connectivity index (χ0v) is 25.6. The molecule has 0 radical (unpaired) electrons. The number of hydrogen-bond acceptors (Lipinski definition) is 11. The molecule has 13 nitrogen and oxygen atoms in total. The summed E-state index contributed by atoms with van der Waals surface area (Å²) in [5.74, 6) is 1.35. The molecular formula is C30H40N8O5. The molecule has 0 aromatic carbocycles. The quantitative estimate of drug-likeness (QED) is 0.413. The Labute approximate surface area is 250 Å². The minimum absolute atomic E-state index is 0.0473. The van der Waals surface area contributed by atoms with Gasteiger partial charge in [0.15, 0.2) is 5.52 Å². The third-order valence-corrected chi connectivity index (χ3v) is 8.64. The number of nitrogens with one attached hydrogen (secondary N) is 2. The highest BCUT2D eigenvalue weighted by atomic mass is 16.6. The Bertz CT molecular complexity index is 1500. The van der Waals surface area contributed by atoms with Crippen LogP contribution in [0.2, 0.25) is 0 Å². The monoisotopic (exact) mass is 592 g/mol. The Morgan fingerprint density at radius 2 is 1.79 bits per heavy atom. The van der Waals surface area contributed by atoms with Crippen LogP contribution in [0.25, 0.3) is 11.0 Å². The van der Waals surface area contributed by atoms with E-state index < -0.39 is 17.6 Å². The summed E-state index contributed by atoms with van der Waals surface area (Å²) in [6.45, 7) is 7.25. The topological polar surface area (TPSA) is 138 Å². The predicted octanol–water partition coefficient (Wildman–Crippen LogP) is 3.92. The van der Waals surface area contributed by atoms with Crippen LogP contribution in [0.3, 0.4) is 0 Å². The summed E-state index contributed by atoms with van der Waals surface area (Å²) in [7, 11) is 5.42. The van der Waals surface area contributed by atoms with Gasteiger partial charge in [-0.3, -0.25) is 14.6 Å². The van der Waals surface area contributed by atoms with E-state index >= 15 is 0 Å². The molecule has 0 spiro atoms. The Balaban J connectivity index is 1.32. The fourth-order valence-corrected chi connectivity index (χ4v) is 6.06. The molecule has 2 N–H and O–H groups in total. The number of anilines is 4. The summed E-state index contributed by atoms with van der Waals surface area (Å²) in [6, 6.07) is 8.45. The lowest BCUT2D eigenvalue weighted by Gasteiger charge is -2.39. The first kappa shape index (κ1) is 29.1. The molecule has 13 heteroatoms. The summed E-state index contributed by atoms with van der Waals surface area (Å²) in [6.07, 6.45) is 3.45. The number of methoxy groups -OCH3 is 1. The maximum atomic E-state index is 13.3. The minimum Gasteiger partial charge on any atom is -0.443 e. The van der Waals surface area contributed by atoms with Crippen molar-refractivity contribution in [2.24, 2.45) is 0 Å². The van der Waals surface area contributed by atoms with Gasteiger partial charge < -0.3 is 29.5 Å². The van der Waals surface area contributed by atoms with Crippen molar-refractivity contribution < 1.29 is 23.6 Å². The second-order valence-corrected chi connectivity index (χ2v) is 12.7. The van der Waals surface area contributed by atoms with E-state index in [1.165, 1.54) is 17.7 Å². The largest absolute Gasteiger partial charge is 0.443 e. The molecule has 3 aromatic heterocycles. The molecule has 6 rings (SSSR count). The molecule has 2 bridgehead atoms. The lowest BCUT2D eigenvalue weighted by molar-refractivity contribution is 0.00677. The fraction of sp³-hybridized carbons (Fsp3) is 0.567. The molecule has 3 aliphatic rings. The molecule has 4 atom stereocenters. The second kappa shape index (κ2) is 11.3. The predicted molar refractivity (Wildman–Crippen MR) is 162 cm³/mol. The van der Waals surface area contributed by atoms with Crippen molar-refractivity contribution in [1.29, 1.82) is 0 Å². The third-order valence-electron chi connectivity index (χ3n) is 8.64. The van der Waals surface area contributed by atoms with Crippen molar-refractivity contribution in [1.82, 2.24) is 25.3 Å².